The molecule has 0 spiro atoms. The highest BCUT2D eigenvalue weighted by molar-refractivity contribution is 8.72. The van der Waals surface area contributed by atoms with Crippen LogP contribution in [-0.4, -0.2) is 69.9 Å². The molecule has 2 rings (SSSR count). The Morgan fingerprint density at radius 3 is 2.32 bits per heavy atom. The molecule has 0 aliphatic carbocycles. The molecule has 11 nitrogen and oxygen atoms in total. The number of esters is 1. The molecule has 0 aromatic carbocycles. The minimum atomic E-state index is -1.54. The number of ether oxygens (including phenoxy) is 1. The van der Waals surface area contributed by atoms with Crippen LogP contribution in [0.15, 0.2) is 23.9 Å². The maximum absolute atomic E-state index is 13.2. The number of fused-ring (bicyclic) bond motifs is 7. The average molecular weight is 557 g/mol. The molecule has 0 saturated carbocycles. The smallest absolute Gasteiger partial charge is 0.329 e. The van der Waals surface area contributed by atoms with Gasteiger partial charge in [-0.3, -0.25) is 19.2 Å². The maximum atomic E-state index is 13.2. The van der Waals surface area contributed by atoms with Crippen LogP contribution in [0.2, 0.25) is 0 Å². The Labute approximate surface area is 223 Å². The van der Waals surface area contributed by atoms with E-state index < -0.39 is 64.0 Å². The van der Waals surface area contributed by atoms with Gasteiger partial charge in [0.15, 0.2) is 6.04 Å². The van der Waals surface area contributed by atoms with Crippen LogP contribution in [0.3, 0.4) is 0 Å². The van der Waals surface area contributed by atoms with E-state index in [1.807, 2.05) is 0 Å². The molecule has 206 valence electrons. The molecule has 5 atom stereocenters. The van der Waals surface area contributed by atoms with E-state index in [9.17, 15) is 28.5 Å². The molecule has 2 aliphatic rings. The molecular weight excluding hydrogens is 520 g/mol. The van der Waals surface area contributed by atoms with Crippen molar-refractivity contribution in [2.24, 2.45) is 11.8 Å². The second-order valence-electron chi connectivity index (χ2n) is 9.43. The van der Waals surface area contributed by atoms with E-state index >= 15 is 0 Å². The van der Waals surface area contributed by atoms with Gasteiger partial charge in [0.05, 0.1) is 17.2 Å². The zero-order valence-corrected chi connectivity index (χ0v) is 23.3. The predicted octanol–water partition coefficient (Wildman–Crippen LogP) is 0.445. The lowest BCUT2D eigenvalue weighted by atomic mass is 10.0. The molecule has 13 heteroatoms. The molecule has 2 bridgehead atoms. The molecule has 0 radical (unpaired) electrons. The van der Waals surface area contributed by atoms with E-state index in [0.29, 0.717) is 12.2 Å². The van der Waals surface area contributed by atoms with Crippen molar-refractivity contribution in [3.8, 4) is 0 Å². The number of nitrogens with one attached hydrogen (secondary N) is 4. The topological polar surface area (TPSA) is 166 Å². The highest BCUT2D eigenvalue weighted by Crippen LogP contribution is 2.18. The summed E-state index contributed by atoms with van der Waals surface area (Å²) in [6.45, 7) is 8.44. The van der Waals surface area contributed by atoms with E-state index in [1.54, 1.807) is 39.8 Å². The Balaban J connectivity index is 2.59. The normalized spacial score (nSPS) is 31.2. The Morgan fingerprint density at radius 2 is 1.70 bits per heavy atom. The number of amides is 4. The molecule has 2 aliphatic heterocycles. The Hall–Kier alpha value is -2.51. The van der Waals surface area contributed by atoms with Crippen molar-refractivity contribution < 1.29 is 33.3 Å². The van der Waals surface area contributed by atoms with Crippen LogP contribution >= 0.6 is 10.8 Å². The summed E-state index contributed by atoms with van der Waals surface area (Å²) in [6.07, 6.45) is 3.93. The van der Waals surface area contributed by atoms with Gasteiger partial charge >= 0.3 is 5.97 Å². The van der Waals surface area contributed by atoms with E-state index in [4.69, 9.17) is 4.74 Å². The van der Waals surface area contributed by atoms with Gasteiger partial charge in [-0.05, 0) is 31.3 Å². The number of rotatable bonds is 2. The van der Waals surface area contributed by atoms with Crippen LogP contribution < -0.4 is 21.3 Å². The first-order valence-electron chi connectivity index (χ1n) is 12.2. The molecule has 4 amide bonds. The number of hydrogen-bond donors (Lipinski definition) is 4. The van der Waals surface area contributed by atoms with Crippen molar-refractivity contribution >= 4 is 50.6 Å². The average Bonchev–Trinajstić information content (AvgIpc) is 2.81. The number of carbonyl (C=O) groups excluding carboxylic acids is 5. The maximum Gasteiger partial charge on any atom is 0.329 e. The number of allylic oxidation sites excluding steroid dienone is 2. The third-order valence-electron chi connectivity index (χ3n) is 5.70. The molecule has 1 saturated heterocycles. The molecule has 0 unspecified atom stereocenters. The summed E-state index contributed by atoms with van der Waals surface area (Å²) in [4.78, 5) is 65.2. The summed E-state index contributed by atoms with van der Waals surface area (Å²) in [5.41, 5.74) is -0.136. The van der Waals surface area contributed by atoms with E-state index in [1.165, 1.54) is 13.0 Å². The Bertz CT molecular complexity index is 938. The minimum Gasteiger partial charge on any atom is -0.605 e. The van der Waals surface area contributed by atoms with Gasteiger partial charge in [0, 0.05) is 16.0 Å². The summed E-state index contributed by atoms with van der Waals surface area (Å²) in [5.74, 6) is -3.87. The van der Waals surface area contributed by atoms with Crippen molar-refractivity contribution in [3.05, 3.63) is 23.9 Å². The minimum absolute atomic E-state index is 0.136. The molecule has 0 aromatic rings. The quantitative estimate of drug-likeness (QED) is 0.125. The molecule has 4 N–H and O–H groups in total. The third-order valence-corrected chi connectivity index (χ3v) is 8.67. The lowest BCUT2D eigenvalue weighted by molar-refractivity contribution is -0.153. The fourth-order valence-electron chi connectivity index (χ4n) is 3.60. The Morgan fingerprint density at radius 1 is 1.03 bits per heavy atom. The highest BCUT2D eigenvalue weighted by atomic mass is 33.1. The second-order valence-corrected chi connectivity index (χ2v) is 12.8. The van der Waals surface area contributed by atoms with Gasteiger partial charge in [0.2, 0.25) is 11.8 Å². The van der Waals surface area contributed by atoms with Gasteiger partial charge in [0.25, 0.3) is 11.8 Å². The van der Waals surface area contributed by atoms with Crippen LogP contribution in [0.4, 0.5) is 0 Å². The Kier molecular flexibility index (Phi) is 12.0. The largest absolute Gasteiger partial charge is 0.605 e. The van der Waals surface area contributed by atoms with Gasteiger partial charge in [-0.25, -0.2) is 4.79 Å². The molecule has 0 aromatic heterocycles. The predicted molar refractivity (Wildman–Crippen MR) is 141 cm³/mol. The van der Waals surface area contributed by atoms with Gasteiger partial charge in [-0.2, -0.15) is 0 Å². The lowest BCUT2D eigenvalue weighted by Gasteiger charge is -2.27. The fourth-order valence-corrected chi connectivity index (χ4v) is 6.17. The first-order chi connectivity index (χ1) is 17.4. The summed E-state index contributed by atoms with van der Waals surface area (Å²) in [6, 6.07) is -3.30. The van der Waals surface area contributed by atoms with Crippen molar-refractivity contribution in [1.82, 2.24) is 21.3 Å². The first-order valence-corrected chi connectivity index (χ1v) is 15.0. The monoisotopic (exact) mass is 556 g/mol. The SMILES string of the molecule is C/C=C1\NC(=O)[C@H]2C[S@+]([O-])SCC/C=C/[C@H](CC(=O)N[C@H](C(C)C)C(=O)N2)OC(=O)[C@H](C(C)C)NC1=O. The van der Waals surface area contributed by atoms with Gasteiger partial charge in [-0.1, -0.05) is 39.8 Å². The van der Waals surface area contributed by atoms with Crippen LogP contribution in [0, 0.1) is 11.8 Å². The summed E-state index contributed by atoms with van der Waals surface area (Å²) in [5, 5.41) is 10.3. The summed E-state index contributed by atoms with van der Waals surface area (Å²) >= 11 is 0. The van der Waals surface area contributed by atoms with Gasteiger partial charge < -0.3 is 30.6 Å². The van der Waals surface area contributed by atoms with E-state index in [0.717, 1.165) is 10.8 Å². The molecule has 2 heterocycles. The second kappa shape index (κ2) is 14.4. The molecular formula is C24H36N4O7S2. The first kappa shape index (κ1) is 30.7. The van der Waals surface area contributed by atoms with Crippen LogP contribution in [-0.2, 0) is 38.9 Å². The standard InChI is InChI=1S/C24H36N4O7S2/c1-6-16-21(30)28-20(14(4)5)24(33)35-15-9-7-8-10-36-37(34)12-17(22(31)25-16)26-23(32)19(13(2)3)27-18(29)11-15/h6-7,9,13-15,17,19-20H,8,10-12H2,1-5H3,(H,25,31)(H,26,32)(H,27,29)(H,28,30)/b9-7+,16-6-/t15-,17-,19-,20+,37-/m1/s1. The van der Waals surface area contributed by atoms with Crippen molar-refractivity contribution in [1.29, 1.82) is 0 Å². The molecule has 37 heavy (non-hydrogen) atoms. The summed E-state index contributed by atoms with van der Waals surface area (Å²) in [7, 11) is -0.434. The van der Waals surface area contributed by atoms with Gasteiger partial charge in [0.1, 0.15) is 29.6 Å². The summed E-state index contributed by atoms with van der Waals surface area (Å²) < 4.78 is 18.3. The molecule has 1 fully saturated rings. The van der Waals surface area contributed by atoms with Crippen molar-refractivity contribution in [2.75, 3.05) is 11.5 Å². The number of hydrogen-bond acceptors (Lipinski definition) is 8. The lowest BCUT2D eigenvalue weighted by Crippen LogP contribution is -2.58. The highest BCUT2D eigenvalue weighted by Gasteiger charge is 2.35. The number of carbonyl (C=O) groups is 5. The zero-order valence-electron chi connectivity index (χ0n) is 21.7. The van der Waals surface area contributed by atoms with E-state index in [2.05, 4.69) is 21.3 Å². The third kappa shape index (κ3) is 9.38. The zero-order chi connectivity index (χ0) is 27.7. The van der Waals surface area contributed by atoms with Crippen LogP contribution in [0.25, 0.3) is 0 Å². The van der Waals surface area contributed by atoms with Crippen molar-refractivity contribution in [3.63, 3.8) is 0 Å². The van der Waals surface area contributed by atoms with Crippen LogP contribution in [0.1, 0.15) is 47.5 Å². The van der Waals surface area contributed by atoms with Gasteiger partial charge in [-0.15, -0.1) is 0 Å². The van der Waals surface area contributed by atoms with E-state index in [-0.39, 0.29) is 29.7 Å². The van der Waals surface area contributed by atoms with Crippen LogP contribution in [0.5, 0.6) is 0 Å². The van der Waals surface area contributed by atoms with Crippen molar-refractivity contribution in [2.45, 2.75) is 71.7 Å². The fraction of sp³-hybridized carbons (Fsp3) is 0.625.